The number of hydrogen-bond donors (Lipinski definition) is 2. The normalized spacial score (nSPS) is 16.2. The van der Waals surface area contributed by atoms with Crippen molar-refractivity contribution < 1.29 is 9.53 Å². The van der Waals surface area contributed by atoms with Crippen molar-refractivity contribution >= 4 is 11.9 Å². The Morgan fingerprint density at radius 2 is 2.05 bits per heavy atom. The van der Waals surface area contributed by atoms with E-state index in [1.165, 1.54) is 25.7 Å². The molecule has 0 heterocycles. The van der Waals surface area contributed by atoms with Crippen LogP contribution >= 0.6 is 0 Å². The number of hydrogen-bond acceptors (Lipinski definition) is 3. The lowest BCUT2D eigenvalue weighted by Gasteiger charge is -2.17. The van der Waals surface area contributed by atoms with Gasteiger partial charge in [-0.15, -0.1) is 0 Å². The van der Waals surface area contributed by atoms with Gasteiger partial charge in [0.25, 0.3) is 0 Å². The van der Waals surface area contributed by atoms with E-state index in [2.05, 4.69) is 15.6 Å². The summed E-state index contributed by atoms with van der Waals surface area (Å²) in [5, 5.41) is 6.62. The topological polar surface area (TPSA) is 66.0 Å². The Balaban J connectivity index is 2.43. The minimum absolute atomic E-state index is 0.00216. The number of ether oxygens (including phenoxy) is 1. The number of carbonyl (C=O) groups is 1. The van der Waals surface area contributed by atoms with E-state index in [4.69, 9.17) is 4.74 Å². The van der Waals surface area contributed by atoms with E-state index in [1.807, 2.05) is 6.92 Å². The highest BCUT2D eigenvalue weighted by Crippen LogP contribution is 2.17. The highest BCUT2D eigenvalue weighted by atomic mass is 16.5. The SMILES string of the molecule is CCOCCNC(=NCC(=O)N(C)C)NC1CCCC1. The van der Waals surface area contributed by atoms with Crippen LogP contribution in [0.15, 0.2) is 4.99 Å². The van der Waals surface area contributed by atoms with Gasteiger partial charge in [-0.3, -0.25) is 4.79 Å². The van der Waals surface area contributed by atoms with E-state index >= 15 is 0 Å². The molecule has 0 aliphatic heterocycles. The van der Waals surface area contributed by atoms with Crippen molar-refractivity contribution in [3.05, 3.63) is 0 Å². The van der Waals surface area contributed by atoms with Gasteiger partial charge in [0.1, 0.15) is 6.54 Å². The molecule has 1 saturated carbocycles. The number of rotatable bonds is 7. The number of amides is 1. The molecule has 0 bridgehead atoms. The fourth-order valence-corrected chi connectivity index (χ4v) is 2.09. The van der Waals surface area contributed by atoms with Gasteiger partial charge in [-0.25, -0.2) is 4.99 Å². The van der Waals surface area contributed by atoms with Gasteiger partial charge in [0.15, 0.2) is 5.96 Å². The molecule has 0 unspecified atom stereocenters. The van der Waals surface area contributed by atoms with Crippen LogP contribution in [0.5, 0.6) is 0 Å². The van der Waals surface area contributed by atoms with Crippen LogP contribution in [0.3, 0.4) is 0 Å². The van der Waals surface area contributed by atoms with Gasteiger partial charge in [-0.2, -0.15) is 0 Å². The minimum Gasteiger partial charge on any atom is -0.380 e. The van der Waals surface area contributed by atoms with Crippen LogP contribution in [-0.2, 0) is 9.53 Å². The first-order valence-electron chi connectivity index (χ1n) is 7.46. The molecule has 0 aromatic carbocycles. The lowest BCUT2D eigenvalue weighted by molar-refractivity contribution is -0.127. The Bertz CT molecular complexity index is 312. The van der Waals surface area contributed by atoms with Crippen molar-refractivity contribution in [2.45, 2.75) is 38.6 Å². The summed E-state index contributed by atoms with van der Waals surface area (Å²) in [5.41, 5.74) is 0. The molecule has 1 aliphatic carbocycles. The molecular formula is C14H28N4O2. The fraction of sp³-hybridized carbons (Fsp3) is 0.857. The van der Waals surface area contributed by atoms with Gasteiger partial charge in [0, 0.05) is 33.3 Å². The molecule has 1 fully saturated rings. The number of carbonyl (C=O) groups excluding carboxylic acids is 1. The van der Waals surface area contributed by atoms with E-state index in [0.717, 1.165) is 0 Å². The Kier molecular flexibility index (Phi) is 8.02. The van der Waals surface area contributed by atoms with Gasteiger partial charge < -0.3 is 20.3 Å². The van der Waals surface area contributed by atoms with Crippen molar-refractivity contribution in [3.8, 4) is 0 Å². The molecule has 0 radical (unpaired) electrons. The van der Waals surface area contributed by atoms with E-state index in [1.54, 1.807) is 19.0 Å². The minimum atomic E-state index is 0.00216. The van der Waals surface area contributed by atoms with Crippen LogP contribution in [0.25, 0.3) is 0 Å². The fourth-order valence-electron chi connectivity index (χ4n) is 2.09. The Labute approximate surface area is 122 Å². The summed E-state index contributed by atoms with van der Waals surface area (Å²) in [6, 6.07) is 0.475. The lowest BCUT2D eigenvalue weighted by Crippen LogP contribution is -2.44. The first-order chi connectivity index (χ1) is 9.63. The molecule has 0 aromatic rings. The zero-order chi connectivity index (χ0) is 14.8. The van der Waals surface area contributed by atoms with Crippen molar-refractivity contribution in [1.82, 2.24) is 15.5 Å². The third kappa shape index (κ3) is 6.75. The number of guanidine groups is 1. The quantitative estimate of drug-likeness (QED) is 0.408. The van der Waals surface area contributed by atoms with Gasteiger partial charge in [0.2, 0.25) is 5.91 Å². The molecule has 0 spiro atoms. The van der Waals surface area contributed by atoms with Crippen LogP contribution in [0, 0.1) is 0 Å². The zero-order valence-corrected chi connectivity index (χ0v) is 12.9. The Morgan fingerprint density at radius 3 is 2.65 bits per heavy atom. The van der Waals surface area contributed by atoms with Crippen molar-refractivity contribution in [2.75, 3.05) is 40.4 Å². The second-order valence-corrected chi connectivity index (χ2v) is 5.20. The largest absolute Gasteiger partial charge is 0.380 e. The van der Waals surface area contributed by atoms with Crippen LogP contribution in [0.2, 0.25) is 0 Å². The third-order valence-electron chi connectivity index (χ3n) is 3.31. The number of likely N-dealkylation sites (N-methyl/N-ethyl adjacent to an activating group) is 1. The predicted octanol–water partition coefficient (Wildman–Crippen LogP) is 0.589. The molecule has 6 nitrogen and oxygen atoms in total. The smallest absolute Gasteiger partial charge is 0.243 e. The molecular weight excluding hydrogens is 256 g/mol. The van der Waals surface area contributed by atoms with Crippen LogP contribution in [-0.4, -0.2) is 63.2 Å². The van der Waals surface area contributed by atoms with Crippen LogP contribution in [0.1, 0.15) is 32.6 Å². The molecule has 0 aromatic heterocycles. The molecule has 20 heavy (non-hydrogen) atoms. The van der Waals surface area contributed by atoms with E-state index in [-0.39, 0.29) is 12.5 Å². The molecule has 1 amide bonds. The number of aliphatic imine (C=N–C) groups is 1. The van der Waals surface area contributed by atoms with Gasteiger partial charge in [-0.1, -0.05) is 12.8 Å². The van der Waals surface area contributed by atoms with Gasteiger partial charge in [0.05, 0.1) is 6.61 Å². The second-order valence-electron chi connectivity index (χ2n) is 5.20. The highest BCUT2D eigenvalue weighted by molar-refractivity contribution is 5.84. The number of nitrogens with one attached hydrogen (secondary N) is 2. The molecule has 0 saturated heterocycles. The maximum absolute atomic E-state index is 11.6. The van der Waals surface area contributed by atoms with Crippen LogP contribution in [0.4, 0.5) is 0 Å². The molecule has 0 atom stereocenters. The van der Waals surface area contributed by atoms with Gasteiger partial charge in [-0.05, 0) is 19.8 Å². The Hall–Kier alpha value is -1.30. The molecule has 1 rings (SSSR count). The Morgan fingerprint density at radius 1 is 1.35 bits per heavy atom. The van der Waals surface area contributed by atoms with Crippen LogP contribution < -0.4 is 10.6 Å². The summed E-state index contributed by atoms with van der Waals surface area (Å²) in [5.74, 6) is 0.717. The van der Waals surface area contributed by atoms with E-state index in [0.29, 0.717) is 31.8 Å². The standard InChI is InChI=1S/C14H28N4O2/c1-4-20-10-9-15-14(16-11-13(19)18(2)3)17-12-7-5-6-8-12/h12H,4-11H2,1-3H3,(H2,15,16,17). The van der Waals surface area contributed by atoms with E-state index in [9.17, 15) is 4.79 Å². The zero-order valence-electron chi connectivity index (χ0n) is 12.9. The first-order valence-corrected chi connectivity index (χ1v) is 7.46. The first kappa shape index (κ1) is 16.8. The highest BCUT2D eigenvalue weighted by Gasteiger charge is 2.16. The third-order valence-corrected chi connectivity index (χ3v) is 3.31. The summed E-state index contributed by atoms with van der Waals surface area (Å²) < 4.78 is 5.30. The summed E-state index contributed by atoms with van der Waals surface area (Å²) in [4.78, 5) is 17.5. The monoisotopic (exact) mass is 284 g/mol. The predicted molar refractivity (Wildman–Crippen MR) is 80.9 cm³/mol. The summed E-state index contributed by atoms with van der Waals surface area (Å²) in [7, 11) is 3.48. The molecule has 1 aliphatic rings. The van der Waals surface area contributed by atoms with Crippen molar-refractivity contribution in [2.24, 2.45) is 4.99 Å². The van der Waals surface area contributed by atoms with Crippen molar-refractivity contribution in [3.63, 3.8) is 0 Å². The maximum Gasteiger partial charge on any atom is 0.243 e. The lowest BCUT2D eigenvalue weighted by atomic mass is 10.2. The van der Waals surface area contributed by atoms with E-state index < -0.39 is 0 Å². The second kappa shape index (κ2) is 9.58. The molecule has 2 N–H and O–H groups in total. The average Bonchev–Trinajstić information content (AvgIpc) is 2.92. The summed E-state index contributed by atoms with van der Waals surface area (Å²) in [6.07, 6.45) is 4.88. The molecule has 6 heteroatoms. The average molecular weight is 284 g/mol. The summed E-state index contributed by atoms with van der Waals surface area (Å²) >= 11 is 0. The number of nitrogens with zero attached hydrogens (tertiary/aromatic N) is 2. The molecule has 116 valence electrons. The maximum atomic E-state index is 11.6. The summed E-state index contributed by atoms with van der Waals surface area (Å²) in [6.45, 7) is 4.20. The van der Waals surface area contributed by atoms with Crippen molar-refractivity contribution in [1.29, 1.82) is 0 Å². The van der Waals surface area contributed by atoms with Gasteiger partial charge >= 0.3 is 0 Å².